The number of ether oxygens (including phenoxy) is 2. The number of pyridine rings is 1. The zero-order chi connectivity index (χ0) is 15.1. The Morgan fingerprint density at radius 3 is 2.52 bits per heavy atom. The van der Waals surface area contributed by atoms with Crippen LogP contribution in [0.4, 0.5) is 0 Å². The molecule has 0 saturated heterocycles. The topological polar surface area (TPSA) is 36.3 Å². The summed E-state index contributed by atoms with van der Waals surface area (Å²) in [6, 6.07) is 4.16. The Morgan fingerprint density at radius 2 is 1.90 bits per heavy atom. The van der Waals surface area contributed by atoms with Gasteiger partial charge in [-0.25, -0.2) is 4.98 Å². The van der Waals surface area contributed by atoms with Crippen molar-refractivity contribution in [3.8, 4) is 0 Å². The number of fused-ring (bicyclic) bond motifs is 1. The second-order valence-corrected chi connectivity index (χ2v) is 5.51. The van der Waals surface area contributed by atoms with Gasteiger partial charge in [0.25, 0.3) is 0 Å². The molecule has 2 aromatic rings. The van der Waals surface area contributed by atoms with Crippen LogP contribution in [0.2, 0.25) is 0 Å². The minimum absolute atomic E-state index is 0.0658. The first-order chi connectivity index (χ1) is 10.3. The average Bonchev–Trinajstić information content (AvgIpc) is 2.89. The quantitative estimate of drug-likeness (QED) is 0.510. The van der Waals surface area contributed by atoms with Gasteiger partial charge in [-0.05, 0) is 28.1 Å². The van der Waals surface area contributed by atoms with Gasteiger partial charge in [-0.15, -0.1) is 13.2 Å². The first-order valence-corrected chi connectivity index (χ1v) is 7.55. The van der Waals surface area contributed by atoms with Crippen molar-refractivity contribution < 1.29 is 9.47 Å². The van der Waals surface area contributed by atoms with Crippen LogP contribution in [0.25, 0.3) is 11.0 Å². The largest absolute Gasteiger partial charge is 0.375 e. The van der Waals surface area contributed by atoms with Crippen molar-refractivity contribution in [3.63, 3.8) is 0 Å². The summed E-state index contributed by atoms with van der Waals surface area (Å²) in [6.45, 7) is 9.46. The fraction of sp³-hybridized carbons (Fsp3) is 0.312. The van der Waals surface area contributed by atoms with Gasteiger partial charge in [0.2, 0.25) is 0 Å². The van der Waals surface area contributed by atoms with E-state index in [9.17, 15) is 0 Å². The highest BCUT2D eigenvalue weighted by molar-refractivity contribution is 9.10. The van der Waals surface area contributed by atoms with Crippen LogP contribution in [0.5, 0.6) is 0 Å². The van der Waals surface area contributed by atoms with Crippen molar-refractivity contribution in [2.24, 2.45) is 0 Å². The molecule has 4 nitrogen and oxygen atoms in total. The third-order valence-electron chi connectivity index (χ3n) is 3.01. The number of aromatic nitrogens is 2. The van der Waals surface area contributed by atoms with Gasteiger partial charge in [0.05, 0.1) is 32.5 Å². The van der Waals surface area contributed by atoms with Crippen molar-refractivity contribution in [3.05, 3.63) is 54.3 Å². The van der Waals surface area contributed by atoms with Crippen LogP contribution in [0.15, 0.2) is 54.3 Å². The fourth-order valence-corrected chi connectivity index (χ4v) is 2.44. The average molecular weight is 351 g/mol. The number of rotatable bonds is 9. The van der Waals surface area contributed by atoms with Gasteiger partial charge in [0.15, 0.2) is 0 Å². The van der Waals surface area contributed by atoms with Crippen molar-refractivity contribution in [2.45, 2.75) is 6.04 Å². The zero-order valence-electron chi connectivity index (χ0n) is 11.9. The van der Waals surface area contributed by atoms with E-state index >= 15 is 0 Å². The normalized spacial score (nSPS) is 11.1. The van der Waals surface area contributed by atoms with Crippen LogP contribution < -0.4 is 0 Å². The summed E-state index contributed by atoms with van der Waals surface area (Å²) in [5, 5.41) is 1.09. The molecule has 0 unspecified atom stereocenters. The van der Waals surface area contributed by atoms with Gasteiger partial charge in [0, 0.05) is 22.3 Å². The maximum Gasteiger partial charge on any atom is 0.140 e. The van der Waals surface area contributed by atoms with Gasteiger partial charge in [-0.3, -0.25) is 0 Å². The molecule has 21 heavy (non-hydrogen) atoms. The lowest BCUT2D eigenvalue weighted by molar-refractivity contribution is 0.0648. The maximum atomic E-state index is 5.59. The molecular formula is C16H19BrN2O2. The van der Waals surface area contributed by atoms with E-state index < -0.39 is 0 Å². The number of hydrogen-bond acceptors (Lipinski definition) is 3. The van der Waals surface area contributed by atoms with E-state index in [1.165, 1.54) is 0 Å². The maximum absolute atomic E-state index is 5.59. The molecule has 5 heteroatoms. The van der Waals surface area contributed by atoms with Gasteiger partial charge in [0.1, 0.15) is 5.65 Å². The van der Waals surface area contributed by atoms with Crippen molar-refractivity contribution in [2.75, 3.05) is 26.4 Å². The summed E-state index contributed by atoms with van der Waals surface area (Å²) in [5.74, 6) is 0. The van der Waals surface area contributed by atoms with Gasteiger partial charge in [-0.1, -0.05) is 12.2 Å². The van der Waals surface area contributed by atoms with Gasteiger partial charge in [-0.2, -0.15) is 0 Å². The van der Waals surface area contributed by atoms with E-state index in [0.717, 1.165) is 15.5 Å². The zero-order valence-corrected chi connectivity index (χ0v) is 13.5. The third kappa shape index (κ3) is 4.27. The Kier molecular flexibility index (Phi) is 6.17. The fourth-order valence-electron chi connectivity index (χ4n) is 2.10. The second kappa shape index (κ2) is 8.12. The van der Waals surface area contributed by atoms with Crippen LogP contribution in [0.1, 0.15) is 6.04 Å². The Hall–Kier alpha value is -1.43. The smallest absolute Gasteiger partial charge is 0.140 e. The number of halogens is 1. The molecule has 0 bridgehead atoms. The Morgan fingerprint density at radius 1 is 1.24 bits per heavy atom. The molecule has 112 valence electrons. The molecule has 0 radical (unpaired) electrons. The molecule has 0 aliphatic rings. The van der Waals surface area contributed by atoms with E-state index in [1.807, 2.05) is 18.3 Å². The summed E-state index contributed by atoms with van der Waals surface area (Å²) >= 11 is 3.44. The van der Waals surface area contributed by atoms with Crippen molar-refractivity contribution >= 4 is 27.0 Å². The van der Waals surface area contributed by atoms with E-state index in [-0.39, 0.29) is 6.04 Å². The standard InChI is InChI=1S/C16H19BrN2O2/c1-3-7-20-11-15(12-21-8-4-2)19-6-5-13-9-14(17)10-18-16(13)19/h3-6,9-10,15H,1-2,7-8,11-12H2. The molecule has 0 saturated carbocycles. The van der Waals surface area contributed by atoms with Gasteiger partial charge >= 0.3 is 0 Å². The van der Waals surface area contributed by atoms with Crippen LogP contribution >= 0.6 is 15.9 Å². The Balaban J connectivity index is 2.19. The minimum atomic E-state index is 0.0658. The molecule has 0 fully saturated rings. The lowest BCUT2D eigenvalue weighted by Gasteiger charge is -2.19. The molecular weight excluding hydrogens is 332 g/mol. The molecule has 2 rings (SSSR count). The third-order valence-corrected chi connectivity index (χ3v) is 3.44. The lowest BCUT2D eigenvalue weighted by atomic mass is 10.3. The summed E-state index contributed by atoms with van der Waals surface area (Å²) in [5.41, 5.74) is 0.924. The molecule has 0 aliphatic carbocycles. The molecule has 0 aromatic carbocycles. The summed E-state index contributed by atoms with van der Waals surface area (Å²) < 4.78 is 14.2. The van der Waals surface area contributed by atoms with Crippen LogP contribution in [-0.2, 0) is 9.47 Å². The molecule has 0 amide bonds. The van der Waals surface area contributed by atoms with E-state index in [4.69, 9.17) is 9.47 Å². The lowest BCUT2D eigenvalue weighted by Crippen LogP contribution is -2.21. The molecule has 0 aliphatic heterocycles. The minimum Gasteiger partial charge on any atom is -0.375 e. The Bertz CT molecular complexity index is 595. The highest BCUT2D eigenvalue weighted by Crippen LogP contribution is 2.22. The molecule has 0 atom stereocenters. The highest BCUT2D eigenvalue weighted by Gasteiger charge is 2.15. The predicted molar refractivity (Wildman–Crippen MR) is 88.5 cm³/mol. The summed E-state index contributed by atoms with van der Waals surface area (Å²) in [7, 11) is 0. The van der Waals surface area contributed by atoms with E-state index in [2.05, 4.69) is 38.6 Å². The predicted octanol–water partition coefficient (Wildman–Crippen LogP) is 3.75. The molecule has 0 spiro atoms. The number of hydrogen-bond donors (Lipinski definition) is 0. The monoisotopic (exact) mass is 350 g/mol. The van der Waals surface area contributed by atoms with Crippen molar-refractivity contribution in [1.29, 1.82) is 0 Å². The van der Waals surface area contributed by atoms with E-state index in [0.29, 0.717) is 26.4 Å². The Labute approximate surface area is 133 Å². The van der Waals surface area contributed by atoms with Crippen molar-refractivity contribution in [1.82, 2.24) is 9.55 Å². The first-order valence-electron chi connectivity index (χ1n) is 6.75. The van der Waals surface area contributed by atoms with Crippen LogP contribution in [0.3, 0.4) is 0 Å². The summed E-state index contributed by atoms with van der Waals surface area (Å²) in [6.07, 6.45) is 7.30. The first kappa shape index (κ1) is 15.9. The molecule has 2 aromatic heterocycles. The van der Waals surface area contributed by atoms with E-state index in [1.54, 1.807) is 18.3 Å². The summed E-state index contributed by atoms with van der Waals surface area (Å²) in [4.78, 5) is 4.48. The van der Waals surface area contributed by atoms with Crippen LogP contribution in [0, 0.1) is 0 Å². The number of nitrogens with zero attached hydrogens (tertiary/aromatic N) is 2. The molecule has 2 heterocycles. The molecule has 0 N–H and O–H groups in total. The van der Waals surface area contributed by atoms with Crippen LogP contribution in [-0.4, -0.2) is 36.0 Å². The SMILES string of the molecule is C=CCOCC(COCC=C)n1ccc2cc(Br)cnc21. The second-order valence-electron chi connectivity index (χ2n) is 4.60. The highest BCUT2D eigenvalue weighted by atomic mass is 79.9. The van der Waals surface area contributed by atoms with Gasteiger partial charge < -0.3 is 14.0 Å².